The van der Waals surface area contributed by atoms with Crippen LogP contribution in [0.15, 0.2) is 58.5 Å². The van der Waals surface area contributed by atoms with Crippen molar-refractivity contribution >= 4 is 28.8 Å². The summed E-state index contributed by atoms with van der Waals surface area (Å²) in [6.45, 7) is 2.80. The van der Waals surface area contributed by atoms with Gasteiger partial charge in [-0.05, 0) is 66.8 Å². The van der Waals surface area contributed by atoms with Gasteiger partial charge in [0, 0.05) is 22.7 Å². The second kappa shape index (κ2) is 6.80. The van der Waals surface area contributed by atoms with Gasteiger partial charge in [-0.25, -0.2) is 0 Å². The maximum absolute atomic E-state index is 12.9. The van der Waals surface area contributed by atoms with Crippen LogP contribution < -0.4 is 5.32 Å². The Morgan fingerprint density at radius 1 is 1.19 bits per heavy atom. The van der Waals surface area contributed by atoms with Crippen LogP contribution >= 0.6 is 11.3 Å². The van der Waals surface area contributed by atoms with Gasteiger partial charge < -0.3 is 14.6 Å². The monoisotopic (exact) mass is 366 g/mol. The molecule has 1 aromatic carbocycles. The molecule has 0 saturated heterocycles. The molecule has 1 N–H and O–H groups in total. The van der Waals surface area contributed by atoms with Crippen LogP contribution in [0, 0.1) is 0 Å². The molecule has 3 aromatic rings. The number of nitrogens with one attached hydrogen (secondary N) is 1. The third-order valence-electron chi connectivity index (χ3n) is 4.67. The number of furan rings is 1. The van der Waals surface area contributed by atoms with Crippen LogP contribution in [-0.4, -0.2) is 23.3 Å². The summed E-state index contributed by atoms with van der Waals surface area (Å²) in [6.07, 6.45) is 2.36. The molecule has 0 aliphatic carbocycles. The highest BCUT2D eigenvalue weighted by molar-refractivity contribution is 7.10. The van der Waals surface area contributed by atoms with Gasteiger partial charge in [-0.1, -0.05) is 0 Å². The van der Waals surface area contributed by atoms with Crippen molar-refractivity contribution in [2.45, 2.75) is 19.4 Å². The molecule has 0 bridgehead atoms. The average molecular weight is 366 g/mol. The summed E-state index contributed by atoms with van der Waals surface area (Å²) >= 11 is 1.76. The van der Waals surface area contributed by atoms with Crippen molar-refractivity contribution in [3.63, 3.8) is 0 Å². The van der Waals surface area contributed by atoms with Gasteiger partial charge in [0.25, 0.3) is 11.8 Å². The SMILES string of the molecule is C[C@@H]1c2ccsc2CCN1C(=O)c1ccc(NC(=O)c2ccco2)cc1. The fourth-order valence-electron chi connectivity index (χ4n) is 3.25. The normalized spacial score (nSPS) is 16.2. The maximum atomic E-state index is 12.9. The van der Waals surface area contributed by atoms with Gasteiger partial charge >= 0.3 is 0 Å². The van der Waals surface area contributed by atoms with Crippen LogP contribution in [0.2, 0.25) is 0 Å². The Labute approximate surface area is 155 Å². The molecule has 1 atom stereocenters. The van der Waals surface area contributed by atoms with Crippen LogP contribution in [0.4, 0.5) is 5.69 Å². The number of hydrogen-bond donors (Lipinski definition) is 1. The van der Waals surface area contributed by atoms with Gasteiger partial charge in [-0.15, -0.1) is 11.3 Å². The number of hydrogen-bond acceptors (Lipinski definition) is 4. The molecule has 0 fully saturated rings. The number of carbonyl (C=O) groups excluding carboxylic acids is 2. The molecule has 4 rings (SSSR count). The molecule has 0 spiro atoms. The first kappa shape index (κ1) is 16.6. The largest absolute Gasteiger partial charge is 0.459 e. The summed E-state index contributed by atoms with van der Waals surface area (Å²) in [5.74, 6) is -0.0548. The predicted octanol–water partition coefficient (Wildman–Crippen LogP) is 4.35. The van der Waals surface area contributed by atoms with E-state index in [1.165, 1.54) is 16.7 Å². The van der Waals surface area contributed by atoms with Crippen LogP contribution in [0.5, 0.6) is 0 Å². The number of nitrogens with zero attached hydrogens (tertiary/aromatic N) is 1. The maximum Gasteiger partial charge on any atom is 0.291 e. The highest BCUT2D eigenvalue weighted by atomic mass is 32.1. The number of carbonyl (C=O) groups is 2. The molecule has 0 saturated carbocycles. The standard InChI is InChI=1S/C20H18N2O3S/c1-13-16-9-12-26-18(16)8-10-22(13)20(24)14-4-6-15(7-5-14)21-19(23)17-3-2-11-25-17/h2-7,9,11-13H,8,10H2,1H3,(H,21,23)/t13-/m1/s1. The smallest absolute Gasteiger partial charge is 0.291 e. The van der Waals surface area contributed by atoms with Gasteiger partial charge in [0.15, 0.2) is 5.76 Å². The van der Waals surface area contributed by atoms with Crippen molar-refractivity contribution in [3.05, 3.63) is 75.9 Å². The number of amides is 2. The van der Waals surface area contributed by atoms with E-state index in [2.05, 4.69) is 23.7 Å². The lowest BCUT2D eigenvalue weighted by Crippen LogP contribution is -2.38. The van der Waals surface area contributed by atoms with E-state index in [0.717, 1.165) is 13.0 Å². The van der Waals surface area contributed by atoms with Gasteiger partial charge in [-0.3, -0.25) is 9.59 Å². The third-order valence-corrected chi connectivity index (χ3v) is 5.67. The van der Waals surface area contributed by atoms with E-state index in [1.807, 2.05) is 4.90 Å². The van der Waals surface area contributed by atoms with E-state index in [-0.39, 0.29) is 23.6 Å². The van der Waals surface area contributed by atoms with Crippen molar-refractivity contribution in [1.29, 1.82) is 0 Å². The van der Waals surface area contributed by atoms with Crippen LogP contribution in [0.3, 0.4) is 0 Å². The summed E-state index contributed by atoms with van der Waals surface area (Å²) in [4.78, 5) is 28.2. The lowest BCUT2D eigenvalue weighted by molar-refractivity contribution is 0.0679. The summed E-state index contributed by atoms with van der Waals surface area (Å²) < 4.78 is 5.07. The topological polar surface area (TPSA) is 62.6 Å². The Bertz CT molecular complexity index is 928. The number of benzene rings is 1. The molecule has 0 unspecified atom stereocenters. The molecule has 6 heteroatoms. The Morgan fingerprint density at radius 2 is 2.00 bits per heavy atom. The molecular formula is C20H18N2O3S. The molecule has 0 radical (unpaired) electrons. The van der Waals surface area contributed by atoms with Gasteiger partial charge in [0.05, 0.1) is 12.3 Å². The number of rotatable bonds is 3. The lowest BCUT2D eigenvalue weighted by atomic mass is 10.0. The van der Waals surface area contributed by atoms with Crippen LogP contribution in [0.1, 0.15) is 44.3 Å². The second-order valence-corrected chi connectivity index (χ2v) is 7.23. The predicted molar refractivity (Wildman–Crippen MR) is 101 cm³/mol. The van der Waals surface area contributed by atoms with Crippen molar-refractivity contribution < 1.29 is 14.0 Å². The Balaban J connectivity index is 1.47. The average Bonchev–Trinajstić information content (AvgIpc) is 3.34. The molecular weight excluding hydrogens is 348 g/mol. The van der Waals surface area contributed by atoms with Crippen molar-refractivity contribution in [1.82, 2.24) is 4.90 Å². The van der Waals surface area contributed by atoms with Crippen LogP contribution in [-0.2, 0) is 6.42 Å². The molecule has 26 heavy (non-hydrogen) atoms. The highest BCUT2D eigenvalue weighted by Crippen LogP contribution is 2.33. The summed E-state index contributed by atoms with van der Waals surface area (Å²) in [5, 5.41) is 4.84. The van der Waals surface area contributed by atoms with Crippen molar-refractivity contribution in [2.24, 2.45) is 0 Å². The summed E-state index contributed by atoms with van der Waals surface area (Å²) in [5.41, 5.74) is 2.48. The Morgan fingerprint density at radius 3 is 2.73 bits per heavy atom. The minimum absolute atomic E-state index is 0.0123. The van der Waals surface area contributed by atoms with Crippen molar-refractivity contribution in [3.8, 4) is 0 Å². The zero-order valence-corrected chi connectivity index (χ0v) is 15.1. The molecule has 1 aliphatic heterocycles. The van der Waals surface area contributed by atoms with Crippen molar-refractivity contribution in [2.75, 3.05) is 11.9 Å². The van der Waals surface area contributed by atoms with E-state index in [4.69, 9.17) is 4.42 Å². The molecule has 132 valence electrons. The van der Waals surface area contributed by atoms with E-state index in [9.17, 15) is 9.59 Å². The van der Waals surface area contributed by atoms with Crippen LogP contribution in [0.25, 0.3) is 0 Å². The highest BCUT2D eigenvalue weighted by Gasteiger charge is 2.28. The molecule has 2 aromatic heterocycles. The lowest BCUT2D eigenvalue weighted by Gasteiger charge is -2.33. The Hall–Kier alpha value is -2.86. The fraction of sp³-hybridized carbons (Fsp3) is 0.200. The van der Waals surface area contributed by atoms with E-state index in [0.29, 0.717) is 11.3 Å². The second-order valence-electron chi connectivity index (χ2n) is 6.23. The first-order valence-corrected chi connectivity index (χ1v) is 9.33. The fourth-order valence-corrected chi connectivity index (χ4v) is 4.21. The van der Waals surface area contributed by atoms with Gasteiger partial charge in [0.1, 0.15) is 0 Å². The van der Waals surface area contributed by atoms with E-state index >= 15 is 0 Å². The van der Waals surface area contributed by atoms with E-state index in [1.54, 1.807) is 47.7 Å². The molecule has 2 amide bonds. The minimum atomic E-state index is -0.316. The zero-order chi connectivity index (χ0) is 18.1. The first-order valence-electron chi connectivity index (χ1n) is 8.45. The van der Waals surface area contributed by atoms with Gasteiger partial charge in [-0.2, -0.15) is 0 Å². The quantitative estimate of drug-likeness (QED) is 0.749. The first-order chi connectivity index (χ1) is 12.6. The summed E-state index contributed by atoms with van der Waals surface area (Å²) in [7, 11) is 0. The third kappa shape index (κ3) is 3.04. The van der Waals surface area contributed by atoms with E-state index < -0.39 is 0 Å². The number of thiophene rings is 1. The zero-order valence-electron chi connectivity index (χ0n) is 14.3. The number of anilines is 1. The minimum Gasteiger partial charge on any atom is -0.459 e. The molecule has 3 heterocycles. The summed E-state index contributed by atoms with van der Waals surface area (Å²) in [6, 6.07) is 12.4. The number of fused-ring (bicyclic) bond motifs is 1. The molecule has 5 nitrogen and oxygen atoms in total. The Kier molecular flexibility index (Phi) is 4.34. The van der Waals surface area contributed by atoms with Gasteiger partial charge in [0.2, 0.25) is 0 Å². The molecule has 1 aliphatic rings.